The summed E-state index contributed by atoms with van der Waals surface area (Å²) in [5.41, 5.74) is 1.68. The maximum atomic E-state index is 4.39. The van der Waals surface area contributed by atoms with Crippen molar-refractivity contribution < 1.29 is 0 Å². The molecule has 0 atom stereocenters. The Hall–Kier alpha value is -1.44. The molecule has 0 aromatic heterocycles. The monoisotopic (exact) mass is 218 g/mol. The van der Waals surface area contributed by atoms with Crippen LogP contribution < -0.4 is 0 Å². The van der Waals surface area contributed by atoms with Crippen molar-refractivity contribution in [3.05, 3.63) is 36.2 Å². The Kier molecular flexibility index (Phi) is 6.31. The molecular formula is C14H22N2. The van der Waals surface area contributed by atoms with E-state index in [9.17, 15) is 0 Å². The summed E-state index contributed by atoms with van der Waals surface area (Å²) in [6.45, 7) is 13.8. The molecule has 1 heterocycles. The number of rotatable bonds is 1. The number of hydrogen-bond acceptors (Lipinski definition) is 2. The van der Waals surface area contributed by atoms with Crippen molar-refractivity contribution in [1.29, 1.82) is 0 Å². The van der Waals surface area contributed by atoms with Crippen LogP contribution >= 0.6 is 0 Å². The predicted octanol–water partition coefficient (Wildman–Crippen LogP) is 4.17. The summed E-state index contributed by atoms with van der Waals surface area (Å²) in [7, 11) is 0. The third-order valence-corrected chi connectivity index (χ3v) is 1.88. The second-order valence-electron chi connectivity index (χ2n) is 3.80. The van der Waals surface area contributed by atoms with Gasteiger partial charge >= 0.3 is 0 Å². The molecule has 0 N–H and O–H groups in total. The Morgan fingerprint density at radius 3 is 2.06 bits per heavy atom. The van der Waals surface area contributed by atoms with E-state index in [2.05, 4.69) is 30.4 Å². The number of hydrogen-bond donors (Lipinski definition) is 0. The van der Waals surface area contributed by atoms with Gasteiger partial charge in [0, 0.05) is 17.8 Å². The van der Waals surface area contributed by atoms with Crippen LogP contribution in [0.4, 0.5) is 0 Å². The first-order valence-electron chi connectivity index (χ1n) is 5.69. The highest BCUT2D eigenvalue weighted by atomic mass is 14.9. The van der Waals surface area contributed by atoms with Crippen molar-refractivity contribution in [1.82, 2.24) is 0 Å². The maximum absolute atomic E-state index is 4.39. The van der Waals surface area contributed by atoms with Crippen molar-refractivity contribution in [2.75, 3.05) is 0 Å². The third-order valence-electron chi connectivity index (χ3n) is 1.88. The van der Waals surface area contributed by atoms with E-state index in [0.717, 1.165) is 11.4 Å². The van der Waals surface area contributed by atoms with Gasteiger partial charge in [0.2, 0.25) is 0 Å². The first kappa shape index (κ1) is 14.6. The molecule has 0 saturated heterocycles. The normalized spacial score (nSPS) is 22.6. The molecule has 2 nitrogen and oxygen atoms in total. The topological polar surface area (TPSA) is 24.7 Å². The van der Waals surface area contributed by atoms with Gasteiger partial charge in [-0.15, -0.1) is 0 Å². The van der Waals surface area contributed by atoms with Gasteiger partial charge in [0.05, 0.1) is 11.4 Å². The van der Waals surface area contributed by atoms with Crippen molar-refractivity contribution >= 4 is 12.4 Å². The van der Waals surface area contributed by atoms with Gasteiger partial charge in [0.1, 0.15) is 0 Å². The van der Waals surface area contributed by atoms with E-state index in [1.807, 2.05) is 45.4 Å². The van der Waals surface area contributed by atoms with Crippen LogP contribution in [0.5, 0.6) is 0 Å². The fraction of sp³-hybridized carbons (Fsp3) is 0.429. The third kappa shape index (κ3) is 4.39. The van der Waals surface area contributed by atoms with E-state index in [1.54, 1.807) is 6.08 Å². The lowest BCUT2D eigenvalue weighted by Crippen LogP contribution is -2.13. The molecule has 0 aromatic rings. The zero-order valence-electron chi connectivity index (χ0n) is 11.0. The zero-order valence-corrected chi connectivity index (χ0v) is 11.0. The Balaban J connectivity index is 0.00000106. The number of nitrogens with zero attached hydrogens (tertiary/aromatic N) is 2. The minimum Gasteiger partial charge on any atom is -0.258 e. The average molecular weight is 218 g/mol. The highest BCUT2D eigenvalue weighted by Gasteiger charge is 2.15. The summed E-state index contributed by atoms with van der Waals surface area (Å²) in [6.07, 6.45) is 9.36. The van der Waals surface area contributed by atoms with Crippen LogP contribution in [-0.2, 0) is 0 Å². The molecular weight excluding hydrogens is 196 g/mol. The second kappa shape index (κ2) is 6.94. The minimum atomic E-state index is -0.0784. The average Bonchev–Trinajstić information content (AvgIpc) is 2.42. The summed E-state index contributed by atoms with van der Waals surface area (Å²) < 4.78 is 0. The van der Waals surface area contributed by atoms with Crippen molar-refractivity contribution in [2.45, 2.75) is 34.6 Å². The Morgan fingerprint density at radius 1 is 1.12 bits per heavy atom. The first-order valence-corrected chi connectivity index (χ1v) is 5.69. The molecule has 1 rings (SSSR count). The molecule has 16 heavy (non-hydrogen) atoms. The molecule has 0 amide bonds. The summed E-state index contributed by atoms with van der Waals surface area (Å²) in [5, 5.41) is 0. The zero-order chi connectivity index (χ0) is 12.6. The molecule has 0 spiro atoms. The molecule has 1 aliphatic rings. The molecule has 0 unspecified atom stereocenters. The standard InChI is InChI=1S/C12H16N2.C2H6/c1-5-7-11-10(6-2)13-8-12(3,4)9-14-11;1-2/h5-9H,1H2,2-4H3;1-2H3/b10-6+,11-7+;. The lowest BCUT2D eigenvalue weighted by molar-refractivity contribution is 0.767. The van der Waals surface area contributed by atoms with E-state index >= 15 is 0 Å². The van der Waals surface area contributed by atoms with Gasteiger partial charge in [0.25, 0.3) is 0 Å². The van der Waals surface area contributed by atoms with Crippen LogP contribution in [0.3, 0.4) is 0 Å². The van der Waals surface area contributed by atoms with Crippen LogP contribution in [0.2, 0.25) is 0 Å². The molecule has 0 aliphatic carbocycles. The fourth-order valence-corrected chi connectivity index (χ4v) is 1.10. The maximum Gasteiger partial charge on any atom is 0.0878 e. The summed E-state index contributed by atoms with van der Waals surface area (Å²) in [4.78, 5) is 8.78. The highest BCUT2D eigenvalue weighted by Crippen LogP contribution is 2.20. The number of aliphatic imine (C=N–C) groups is 2. The summed E-state index contributed by atoms with van der Waals surface area (Å²) in [5.74, 6) is 0. The Bertz CT molecular complexity index is 342. The molecule has 0 aromatic carbocycles. The first-order chi connectivity index (χ1) is 7.59. The largest absolute Gasteiger partial charge is 0.258 e. The van der Waals surface area contributed by atoms with Crippen LogP contribution in [0.1, 0.15) is 34.6 Å². The minimum absolute atomic E-state index is 0.0784. The second-order valence-corrected chi connectivity index (χ2v) is 3.80. The van der Waals surface area contributed by atoms with E-state index in [1.165, 1.54) is 0 Å². The molecule has 0 fully saturated rings. The lowest BCUT2D eigenvalue weighted by Gasteiger charge is -2.08. The predicted molar refractivity (Wildman–Crippen MR) is 74.2 cm³/mol. The SMILES string of the molecule is C=C/C=C1/N=CC(C)(C)C=N/C1=C/C.CC. The van der Waals surface area contributed by atoms with Crippen LogP contribution in [0.25, 0.3) is 0 Å². The van der Waals surface area contributed by atoms with E-state index < -0.39 is 0 Å². The van der Waals surface area contributed by atoms with Crippen molar-refractivity contribution in [3.8, 4) is 0 Å². The smallest absolute Gasteiger partial charge is 0.0878 e. The van der Waals surface area contributed by atoms with Gasteiger partial charge in [0.15, 0.2) is 0 Å². The molecule has 1 aliphatic heterocycles. The van der Waals surface area contributed by atoms with Gasteiger partial charge in [-0.25, -0.2) is 0 Å². The quantitative estimate of drug-likeness (QED) is 0.631. The van der Waals surface area contributed by atoms with E-state index in [4.69, 9.17) is 0 Å². The van der Waals surface area contributed by atoms with Crippen LogP contribution in [-0.4, -0.2) is 12.4 Å². The summed E-state index contributed by atoms with van der Waals surface area (Å²) >= 11 is 0. The van der Waals surface area contributed by atoms with E-state index in [0.29, 0.717) is 0 Å². The van der Waals surface area contributed by atoms with E-state index in [-0.39, 0.29) is 5.41 Å². The number of allylic oxidation sites excluding steroid dienone is 3. The molecule has 0 bridgehead atoms. The highest BCUT2D eigenvalue weighted by molar-refractivity contribution is 5.90. The van der Waals surface area contributed by atoms with Crippen molar-refractivity contribution in [3.63, 3.8) is 0 Å². The Morgan fingerprint density at radius 2 is 1.62 bits per heavy atom. The van der Waals surface area contributed by atoms with Gasteiger partial charge in [-0.1, -0.05) is 32.6 Å². The van der Waals surface area contributed by atoms with Crippen LogP contribution in [0, 0.1) is 5.41 Å². The van der Waals surface area contributed by atoms with Gasteiger partial charge in [-0.05, 0) is 26.8 Å². The molecule has 0 radical (unpaired) electrons. The molecule has 2 heteroatoms. The molecule has 0 saturated carbocycles. The van der Waals surface area contributed by atoms with Gasteiger partial charge in [-0.2, -0.15) is 0 Å². The van der Waals surface area contributed by atoms with Gasteiger partial charge < -0.3 is 0 Å². The fourth-order valence-electron chi connectivity index (χ4n) is 1.10. The Labute approximate surface area is 99.2 Å². The lowest BCUT2D eigenvalue weighted by atomic mass is 9.98. The molecule has 88 valence electrons. The van der Waals surface area contributed by atoms with Crippen LogP contribution in [0.15, 0.2) is 46.2 Å². The summed E-state index contributed by atoms with van der Waals surface area (Å²) in [6, 6.07) is 0. The van der Waals surface area contributed by atoms with Gasteiger partial charge in [-0.3, -0.25) is 9.98 Å². The van der Waals surface area contributed by atoms with Crippen molar-refractivity contribution in [2.24, 2.45) is 15.4 Å².